The van der Waals surface area contributed by atoms with Gasteiger partial charge >= 0.3 is 6.18 Å². The maximum absolute atomic E-state index is 12.3. The lowest BCUT2D eigenvalue weighted by Gasteiger charge is -2.11. The Bertz CT molecular complexity index is 345. The fourth-order valence-corrected chi connectivity index (χ4v) is 2.38. The van der Waals surface area contributed by atoms with Crippen LogP contribution in [0.15, 0.2) is 6.20 Å². The van der Waals surface area contributed by atoms with Crippen molar-refractivity contribution in [3.05, 3.63) is 16.1 Å². The Balaban J connectivity index is 2.18. The van der Waals surface area contributed by atoms with E-state index in [0.717, 1.165) is 12.8 Å². The molecule has 1 atom stereocenters. The smallest absolute Gasteiger partial charge is 0.271 e. The van der Waals surface area contributed by atoms with Crippen LogP contribution in [-0.2, 0) is 6.18 Å². The van der Waals surface area contributed by atoms with Crippen molar-refractivity contribution in [1.29, 1.82) is 0 Å². The zero-order valence-corrected chi connectivity index (χ0v) is 8.53. The van der Waals surface area contributed by atoms with Crippen LogP contribution in [0.2, 0.25) is 0 Å². The molecule has 3 nitrogen and oxygen atoms in total. The monoisotopic (exact) mass is 237 g/mol. The second kappa shape index (κ2) is 3.73. The third-order valence-electron chi connectivity index (χ3n) is 2.35. The number of thiazole rings is 1. The van der Waals surface area contributed by atoms with Gasteiger partial charge in [-0.25, -0.2) is 4.98 Å². The molecule has 1 unspecified atom stereocenters. The average molecular weight is 237 g/mol. The predicted octanol–water partition coefficient (Wildman–Crippen LogP) is 2.08. The molecule has 0 amide bonds. The van der Waals surface area contributed by atoms with Gasteiger partial charge in [-0.15, -0.1) is 11.3 Å². The van der Waals surface area contributed by atoms with Crippen molar-refractivity contribution < 1.29 is 13.2 Å². The molecule has 1 heterocycles. The van der Waals surface area contributed by atoms with Crippen molar-refractivity contribution >= 4 is 11.3 Å². The summed E-state index contributed by atoms with van der Waals surface area (Å²) in [4.78, 5) is 3.93. The Morgan fingerprint density at radius 2 is 2.20 bits per heavy atom. The van der Waals surface area contributed by atoms with Gasteiger partial charge in [0.25, 0.3) is 0 Å². The van der Waals surface area contributed by atoms with E-state index in [4.69, 9.17) is 5.84 Å². The molecule has 0 saturated heterocycles. The molecule has 0 aromatic carbocycles. The number of halogens is 3. The zero-order chi connectivity index (χ0) is 11.1. The van der Waals surface area contributed by atoms with Crippen LogP contribution in [0, 0.1) is 5.92 Å². The van der Waals surface area contributed by atoms with Crippen molar-refractivity contribution in [2.75, 3.05) is 0 Å². The summed E-state index contributed by atoms with van der Waals surface area (Å²) in [6, 6.07) is -0.182. The molecule has 0 bridgehead atoms. The summed E-state index contributed by atoms with van der Waals surface area (Å²) >= 11 is 0.662. The van der Waals surface area contributed by atoms with Crippen LogP contribution >= 0.6 is 11.3 Å². The molecule has 1 aromatic heterocycles. The number of hydrogen-bond acceptors (Lipinski definition) is 4. The SMILES string of the molecule is NNC(c1cnc(C(F)(F)F)s1)C1CC1. The van der Waals surface area contributed by atoms with E-state index in [0.29, 0.717) is 22.1 Å². The highest BCUT2D eigenvalue weighted by molar-refractivity contribution is 7.11. The maximum atomic E-state index is 12.3. The highest BCUT2D eigenvalue weighted by Crippen LogP contribution is 2.43. The predicted molar refractivity (Wildman–Crippen MR) is 49.9 cm³/mol. The summed E-state index contributed by atoms with van der Waals surface area (Å²) in [5.41, 5.74) is 2.55. The summed E-state index contributed by atoms with van der Waals surface area (Å²) in [5, 5.41) is -0.807. The number of alkyl halides is 3. The van der Waals surface area contributed by atoms with Gasteiger partial charge in [0.15, 0.2) is 5.01 Å². The molecule has 15 heavy (non-hydrogen) atoms. The number of nitrogens with two attached hydrogens (primary N) is 1. The average Bonchev–Trinajstić information content (AvgIpc) is 2.82. The first kappa shape index (κ1) is 10.8. The van der Waals surface area contributed by atoms with Crippen LogP contribution in [0.4, 0.5) is 13.2 Å². The zero-order valence-electron chi connectivity index (χ0n) is 7.71. The summed E-state index contributed by atoms with van der Waals surface area (Å²) in [6.07, 6.45) is -1.08. The lowest BCUT2D eigenvalue weighted by molar-refractivity contribution is -0.137. The minimum atomic E-state index is -4.36. The lowest BCUT2D eigenvalue weighted by Crippen LogP contribution is -2.28. The van der Waals surface area contributed by atoms with Crippen LogP contribution in [0.5, 0.6) is 0 Å². The number of aromatic nitrogens is 1. The van der Waals surface area contributed by atoms with Gasteiger partial charge in [-0.2, -0.15) is 13.2 Å². The second-order valence-electron chi connectivity index (χ2n) is 3.55. The largest absolute Gasteiger partial charge is 0.443 e. The van der Waals surface area contributed by atoms with E-state index >= 15 is 0 Å². The molecule has 0 radical (unpaired) electrons. The van der Waals surface area contributed by atoms with Crippen molar-refractivity contribution in [3.63, 3.8) is 0 Å². The minimum Gasteiger partial charge on any atom is -0.271 e. The van der Waals surface area contributed by atoms with Crippen LogP contribution in [0.1, 0.15) is 28.8 Å². The molecular formula is C8H10F3N3S. The maximum Gasteiger partial charge on any atom is 0.443 e. The Kier molecular flexibility index (Phi) is 2.70. The normalized spacial score (nSPS) is 19.2. The Morgan fingerprint density at radius 3 is 2.60 bits per heavy atom. The first-order valence-electron chi connectivity index (χ1n) is 4.51. The molecule has 1 aliphatic rings. The molecule has 1 fully saturated rings. The summed E-state index contributed by atoms with van der Waals surface area (Å²) < 4.78 is 36.8. The first-order chi connectivity index (χ1) is 7.02. The van der Waals surface area contributed by atoms with Crippen molar-refractivity contribution in [2.45, 2.75) is 25.1 Å². The van der Waals surface area contributed by atoms with Crippen LogP contribution < -0.4 is 11.3 Å². The number of nitrogens with one attached hydrogen (secondary N) is 1. The minimum absolute atomic E-state index is 0.182. The molecule has 0 spiro atoms. The fourth-order valence-electron chi connectivity index (χ4n) is 1.44. The Morgan fingerprint density at radius 1 is 1.53 bits per heavy atom. The highest BCUT2D eigenvalue weighted by atomic mass is 32.1. The molecule has 2 rings (SSSR count). The topological polar surface area (TPSA) is 50.9 Å². The van der Waals surface area contributed by atoms with Crippen LogP contribution in [0.25, 0.3) is 0 Å². The van der Waals surface area contributed by atoms with E-state index < -0.39 is 11.2 Å². The lowest BCUT2D eigenvalue weighted by atomic mass is 10.2. The van der Waals surface area contributed by atoms with Crippen LogP contribution in [-0.4, -0.2) is 4.98 Å². The van der Waals surface area contributed by atoms with Gasteiger partial charge < -0.3 is 0 Å². The molecule has 1 aliphatic carbocycles. The third-order valence-corrected chi connectivity index (χ3v) is 3.47. The molecule has 0 aliphatic heterocycles. The van der Waals surface area contributed by atoms with Gasteiger partial charge in [-0.3, -0.25) is 11.3 Å². The summed E-state index contributed by atoms with van der Waals surface area (Å²) in [7, 11) is 0. The van der Waals surface area contributed by atoms with E-state index in [1.54, 1.807) is 0 Å². The van der Waals surface area contributed by atoms with Gasteiger partial charge in [0, 0.05) is 11.1 Å². The van der Waals surface area contributed by atoms with Crippen molar-refractivity contribution in [3.8, 4) is 0 Å². The van der Waals surface area contributed by atoms with Crippen molar-refractivity contribution in [1.82, 2.24) is 10.4 Å². The van der Waals surface area contributed by atoms with E-state index in [1.165, 1.54) is 6.20 Å². The number of hydrazine groups is 1. The van der Waals surface area contributed by atoms with Gasteiger partial charge in [0.1, 0.15) is 0 Å². The van der Waals surface area contributed by atoms with Gasteiger partial charge in [0.05, 0.1) is 6.04 Å². The summed E-state index contributed by atoms with van der Waals surface area (Å²) in [6.45, 7) is 0. The molecule has 1 saturated carbocycles. The summed E-state index contributed by atoms with van der Waals surface area (Å²) in [5.74, 6) is 5.67. The highest BCUT2D eigenvalue weighted by Gasteiger charge is 2.38. The standard InChI is InChI=1S/C8H10F3N3S/c9-8(10,11)7-13-3-5(15-7)6(14-12)4-1-2-4/h3-4,6,14H,1-2,12H2. The molecule has 84 valence electrons. The Hall–Kier alpha value is -0.660. The molecule has 1 aromatic rings. The van der Waals surface area contributed by atoms with E-state index in [-0.39, 0.29) is 6.04 Å². The second-order valence-corrected chi connectivity index (χ2v) is 4.61. The first-order valence-corrected chi connectivity index (χ1v) is 5.33. The van der Waals surface area contributed by atoms with Gasteiger partial charge in [-0.05, 0) is 18.8 Å². The van der Waals surface area contributed by atoms with E-state index in [1.807, 2.05) is 0 Å². The fraction of sp³-hybridized carbons (Fsp3) is 0.625. The Labute approximate surface area is 88.5 Å². The number of nitrogens with zero attached hydrogens (tertiary/aromatic N) is 1. The van der Waals surface area contributed by atoms with Crippen LogP contribution in [0.3, 0.4) is 0 Å². The van der Waals surface area contributed by atoms with Crippen molar-refractivity contribution in [2.24, 2.45) is 11.8 Å². The van der Waals surface area contributed by atoms with E-state index in [9.17, 15) is 13.2 Å². The van der Waals surface area contributed by atoms with Gasteiger partial charge in [-0.1, -0.05) is 0 Å². The number of rotatable bonds is 3. The third kappa shape index (κ3) is 2.30. The van der Waals surface area contributed by atoms with Gasteiger partial charge in [0.2, 0.25) is 0 Å². The number of hydrogen-bond donors (Lipinski definition) is 2. The van der Waals surface area contributed by atoms with E-state index in [2.05, 4.69) is 10.4 Å². The molecular weight excluding hydrogens is 227 g/mol. The molecule has 3 N–H and O–H groups in total. The molecule has 7 heteroatoms. The quantitative estimate of drug-likeness (QED) is 0.625.